The highest BCUT2D eigenvalue weighted by molar-refractivity contribution is 7.89. The summed E-state index contributed by atoms with van der Waals surface area (Å²) in [6, 6.07) is 14.4. The van der Waals surface area contributed by atoms with Gasteiger partial charge in [0.1, 0.15) is 5.60 Å². The van der Waals surface area contributed by atoms with Gasteiger partial charge in [-0.3, -0.25) is 4.79 Å². The lowest BCUT2D eigenvalue weighted by molar-refractivity contribution is -0.203. The number of ether oxygens (including phenoxy) is 3. The highest BCUT2D eigenvalue weighted by Crippen LogP contribution is 2.57. The molecule has 2 fully saturated rings. The first-order valence-electron chi connectivity index (χ1n) is 16.0. The number of hydrogen-bond acceptors (Lipinski definition) is 9. The molecule has 0 unspecified atom stereocenters. The molecule has 5 atom stereocenters. The van der Waals surface area contributed by atoms with Gasteiger partial charge in [0.25, 0.3) is 0 Å². The summed E-state index contributed by atoms with van der Waals surface area (Å²) in [5, 5.41) is 17.2. The minimum absolute atomic E-state index is 0.0205. The summed E-state index contributed by atoms with van der Waals surface area (Å²) in [4.78, 5) is 27.4. The van der Waals surface area contributed by atoms with Crippen LogP contribution in [0.2, 0.25) is 0 Å². The maximum Gasteiger partial charge on any atom is 0.408 e. The topological polar surface area (TPSA) is 147 Å². The van der Waals surface area contributed by atoms with E-state index >= 15 is 0 Å². The van der Waals surface area contributed by atoms with Crippen molar-refractivity contribution in [2.45, 2.75) is 75.9 Å². The van der Waals surface area contributed by atoms with Crippen LogP contribution in [-0.2, 0) is 35.4 Å². The number of aliphatic hydroxyl groups is 1. The van der Waals surface area contributed by atoms with E-state index in [0.29, 0.717) is 18.7 Å². The molecule has 2 saturated heterocycles. The number of nitrogens with one attached hydrogen (secondary N) is 2. The van der Waals surface area contributed by atoms with Gasteiger partial charge in [-0.05, 0) is 76.5 Å². The molecule has 2 amide bonds. The van der Waals surface area contributed by atoms with Gasteiger partial charge < -0.3 is 34.9 Å². The molecule has 13 heteroatoms. The van der Waals surface area contributed by atoms with E-state index in [0.717, 1.165) is 5.56 Å². The second-order valence-electron chi connectivity index (χ2n) is 13.8. The maximum absolute atomic E-state index is 13.9. The average molecular weight is 675 g/mol. The predicted molar refractivity (Wildman–Crippen MR) is 178 cm³/mol. The van der Waals surface area contributed by atoms with Crippen molar-refractivity contribution in [3.8, 4) is 0 Å². The number of carbonyl (C=O) groups is 2. The highest BCUT2D eigenvalue weighted by Gasteiger charge is 2.68. The zero-order valence-electron chi connectivity index (χ0n) is 28.5. The second-order valence-corrected chi connectivity index (χ2v) is 15.8. The number of sulfonamides is 1. The number of benzene rings is 2. The molecule has 0 spiro atoms. The number of nitrogens with zero attached hydrogens (tertiary/aromatic N) is 2. The number of aliphatic hydroxyl groups excluding tert-OH is 1. The van der Waals surface area contributed by atoms with Crippen molar-refractivity contribution >= 4 is 27.7 Å². The van der Waals surface area contributed by atoms with Crippen molar-refractivity contribution < 1.29 is 37.3 Å². The minimum atomic E-state index is -4.07. The van der Waals surface area contributed by atoms with Crippen LogP contribution in [0.1, 0.15) is 46.6 Å². The van der Waals surface area contributed by atoms with Crippen LogP contribution in [0.5, 0.6) is 0 Å². The Labute approximate surface area is 278 Å². The molecule has 0 radical (unpaired) electrons. The van der Waals surface area contributed by atoms with E-state index in [1.807, 2.05) is 65.0 Å². The summed E-state index contributed by atoms with van der Waals surface area (Å²) in [7, 11) is -0.508. The van der Waals surface area contributed by atoms with Gasteiger partial charge in [-0.15, -0.1) is 0 Å². The number of likely N-dealkylation sites (N-methyl/N-ethyl adjacent to an activating group) is 1. The summed E-state index contributed by atoms with van der Waals surface area (Å²) >= 11 is 0. The Hall–Kier alpha value is -3.07. The van der Waals surface area contributed by atoms with Crippen LogP contribution < -0.4 is 10.6 Å². The van der Waals surface area contributed by atoms with Crippen LogP contribution in [0.4, 0.5) is 10.5 Å². The fraction of sp³-hybridized carbons (Fsp3) is 0.588. The molecule has 4 rings (SSSR count). The molecule has 2 aliphatic heterocycles. The monoisotopic (exact) mass is 674 g/mol. The number of amides is 2. The molecule has 2 aromatic carbocycles. The standard InChI is InChI=1S/C34H50N4O8S/c1-24(2)20-38(47(42,43)27-15-13-26(14-16-27)35-30(40)22-37(6)7)21-29(39)28(19-25-11-9-8-10-12-25)36-31(41)46-33(4)23-45-34(5)32(33,3)17-18-44-34/h8-16,24,28-29,39H,17-23H2,1-7H3,(H,35,40)(H,36,41)/t28-,29+,32-,33-,34+/m0/s1. The molecule has 12 nitrogen and oxygen atoms in total. The van der Waals surface area contributed by atoms with Gasteiger partial charge in [-0.1, -0.05) is 51.1 Å². The molecule has 0 aliphatic carbocycles. The van der Waals surface area contributed by atoms with Gasteiger partial charge >= 0.3 is 6.09 Å². The predicted octanol–water partition coefficient (Wildman–Crippen LogP) is 3.46. The molecule has 2 aliphatic rings. The Morgan fingerprint density at radius 2 is 1.66 bits per heavy atom. The van der Waals surface area contributed by atoms with Gasteiger partial charge in [0.05, 0.1) is 42.2 Å². The van der Waals surface area contributed by atoms with Gasteiger partial charge in [-0.25, -0.2) is 13.2 Å². The number of alkyl carbamates (subject to hydrolysis) is 1. The largest absolute Gasteiger partial charge is 0.440 e. The van der Waals surface area contributed by atoms with Gasteiger partial charge in [0.15, 0.2) is 5.79 Å². The number of carbonyl (C=O) groups excluding carboxylic acids is 2. The quantitative estimate of drug-likeness (QED) is 0.274. The summed E-state index contributed by atoms with van der Waals surface area (Å²) in [5.74, 6) is -1.16. The number of rotatable bonds is 14. The molecule has 2 heterocycles. The van der Waals surface area contributed by atoms with E-state index in [2.05, 4.69) is 10.6 Å². The van der Waals surface area contributed by atoms with Crippen LogP contribution >= 0.6 is 0 Å². The summed E-state index contributed by atoms with van der Waals surface area (Å²) < 4.78 is 46.9. The van der Waals surface area contributed by atoms with Gasteiger partial charge in [0.2, 0.25) is 15.9 Å². The first-order valence-corrected chi connectivity index (χ1v) is 17.5. The van der Waals surface area contributed by atoms with E-state index in [1.165, 1.54) is 28.6 Å². The first kappa shape index (κ1) is 36.8. The Morgan fingerprint density at radius 1 is 1.00 bits per heavy atom. The lowest BCUT2D eigenvalue weighted by Gasteiger charge is -2.40. The van der Waals surface area contributed by atoms with E-state index in [-0.39, 0.29) is 49.4 Å². The molecule has 0 bridgehead atoms. The molecule has 47 heavy (non-hydrogen) atoms. The molecule has 2 aromatic rings. The van der Waals surface area contributed by atoms with Crippen LogP contribution in [-0.4, -0.2) is 105 Å². The van der Waals surface area contributed by atoms with Crippen molar-refractivity contribution in [2.24, 2.45) is 11.3 Å². The Morgan fingerprint density at radius 3 is 2.28 bits per heavy atom. The zero-order chi connectivity index (χ0) is 34.6. The van der Waals surface area contributed by atoms with Crippen molar-refractivity contribution in [1.29, 1.82) is 0 Å². The van der Waals surface area contributed by atoms with Crippen LogP contribution in [0, 0.1) is 11.3 Å². The first-order chi connectivity index (χ1) is 22.0. The lowest BCUT2D eigenvalue weighted by atomic mass is 9.70. The van der Waals surface area contributed by atoms with E-state index in [4.69, 9.17) is 14.2 Å². The third-order valence-electron chi connectivity index (χ3n) is 9.35. The van der Waals surface area contributed by atoms with Crippen molar-refractivity contribution in [3.63, 3.8) is 0 Å². The molecule has 3 N–H and O–H groups in total. The smallest absolute Gasteiger partial charge is 0.408 e. The number of hydrogen-bond donors (Lipinski definition) is 3. The van der Waals surface area contributed by atoms with Crippen LogP contribution in [0.15, 0.2) is 59.5 Å². The fourth-order valence-corrected chi connectivity index (χ4v) is 7.88. The maximum atomic E-state index is 13.9. The molecular weight excluding hydrogens is 624 g/mol. The van der Waals surface area contributed by atoms with Gasteiger partial charge in [0, 0.05) is 18.8 Å². The van der Waals surface area contributed by atoms with E-state index < -0.39 is 45.1 Å². The third kappa shape index (κ3) is 8.33. The SMILES string of the molecule is CC(C)CN(C[C@@H](O)[C@H](Cc1ccccc1)NC(=O)O[C@@]1(C)CO[C@@]2(C)OCC[C@]21C)S(=O)(=O)c1ccc(NC(=O)CN(C)C)cc1. The number of anilines is 1. The normalized spacial score (nSPS) is 25.5. The van der Waals surface area contributed by atoms with Crippen LogP contribution in [0.3, 0.4) is 0 Å². The average Bonchev–Trinajstić information content (AvgIpc) is 3.39. The Bertz CT molecular complexity index is 1490. The highest BCUT2D eigenvalue weighted by atomic mass is 32.2. The molecular formula is C34H50N4O8S. The lowest BCUT2D eigenvalue weighted by Crippen LogP contribution is -2.55. The van der Waals surface area contributed by atoms with Crippen LogP contribution in [0.25, 0.3) is 0 Å². The zero-order valence-corrected chi connectivity index (χ0v) is 29.3. The van der Waals surface area contributed by atoms with E-state index in [1.54, 1.807) is 19.0 Å². The molecule has 0 aromatic heterocycles. The summed E-state index contributed by atoms with van der Waals surface area (Å²) in [5.41, 5.74) is -0.259. The van der Waals surface area contributed by atoms with Crippen molar-refractivity contribution in [1.82, 2.24) is 14.5 Å². The third-order valence-corrected chi connectivity index (χ3v) is 11.2. The fourth-order valence-electron chi connectivity index (χ4n) is 6.26. The number of fused-ring (bicyclic) bond motifs is 1. The van der Waals surface area contributed by atoms with Gasteiger partial charge in [-0.2, -0.15) is 4.31 Å². The Balaban J connectivity index is 1.53. The van der Waals surface area contributed by atoms with E-state index in [9.17, 15) is 23.1 Å². The molecule has 0 saturated carbocycles. The van der Waals surface area contributed by atoms with Crippen molar-refractivity contribution in [3.05, 3.63) is 60.2 Å². The second kappa shape index (κ2) is 14.6. The summed E-state index contributed by atoms with van der Waals surface area (Å²) in [6.07, 6.45) is -1.14. The summed E-state index contributed by atoms with van der Waals surface area (Å²) in [6.45, 7) is 10.1. The minimum Gasteiger partial charge on any atom is -0.440 e. The van der Waals surface area contributed by atoms with Crippen molar-refractivity contribution in [2.75, 3.05) is 52.3 Å². The Kier molecular flexibility index (Phi) is 11.4. The molecule has 260 valence electrons.